The number of furan rings is 1. The van der Waals surface area contributed by atoms with Gasteiger partial charge in [-0.15, -0.1) is 11.8 Å². The Morgan fingerprint density at radius 3 is 2.76 bits per heavy atom. The molecule has 0 radical (unpaired) electrons. The minimum atomic E-state index is -1.48. The molecule has 0 saturated carbocycles. The summed E-state index contributed by atoms with van der Waals surface area (Å²) in [4.78, 5) is 0.976. The SMILES string of the molecule is CSc1ccc(Cl)cc1NS(=O)c1cc2ccccc2o1. The van der Waals surface area contributed by atoms with E-state index in [-0.39, 0.29) is 0 Å². The fourth-order valence-electron chi connectivity index (χ4n) is 1.96. The van der Waals surface area contributed by atoms with Gasteiger partial charge in [0.25, 0.3) is 0 Å². The maximum Gasteiger partial charge on any atom is 0.212 e. The van der Waals surface area contributed by atoms with Gasteiger partial charge in [0, 0.05) is 21.4 Å². The van der Waals surface area contributed by atoms with Crippen molar-refractivity contribution in [2.24, 2.45) is 0 Å². The van der Waals surface area contributed by atoms with Crippen molar-refractivity contribution < 1.29 is 8.63 Å². The van der Waals surface area contributed by atoms with Gasteiger partial charge in [0.15, 0.2) is 11.0 Å². The van der Waals surface area contributed by atoms with Gasteiger partial charge >= 0.3 is 0 Å². The predicted octanol–water partition coefficient (Wildman–Crippen LogP) is 4.94. The highest BCUT2D eigenvalue weighted by Crippen LogP contribution is 2.30. The molecule has 0 aliphatic heterocycles. The van der Waals surface area contributed by atoms with Crippen LogP contribution in [0.2, 0.25) is 5.02 Å². The van der Waals surface area contributed by atoms with E-state index in [1.165, 1.54) is 0 Å². The topological polar surface area (TPSA) is 42.2 Å². The molecule has 0 saturated heterocycles. The minimum absolute atomic E-state index is 0.392. The third-order valence-electron chi connectivity index (χ3n) is 2.95. The van der Waals surface area contributed by atoms with Crippen LogP contribution < -0.4 is 4.72 Å². The standard InChI is InChI=1S/C15H12ClNO2S2/c1-20-14-7-6-11(16)9-12(14)17-21(18)15-8-10-4-2-3-5-13(10)19-15/h2-9,17H,1H3. The van der Waals surface area contributed by atoms with E-state index in [2.05, 4.69) is 4.72 Å². The number of hydrogen-bond donors (Lipinski definition) is 1. The van der Waals surface area contributed by atoms with Gasteiger partial charge in [0.1, 0.15) is 5.58 Å². The first-order valence-corrected chi connectivity index (χ1v) is 8.93. The van der Waals surface area contributed by atoms with Crippen molar-refractivity contribution in [3.8, 4) is 0 Å². The molecule has 1 atom stereocenters. The third kappa shape index (κ3) is 3.10. The summed E-state index contributed by atoms with van der Waals surface area (Å²) in [5, 5.41) is 1.92. The summed E-state index contributed by atoms with van der Waals surface area (Å²) < 4.78 is 21.0. The Bertz CT molecular complexity index is 783. The molecule has 0 fully saturated rings. The second-order valence-electron chi connectivity index (χ2n) is 4.32. The molecule has 1 N–H and O–H groups in total. The lowest BCUT2D eigenvalue weighted by molar-refractivity contribution is 0.504. The van der Waals surface area contributed by atoms with E-state index in [0.717, 1.165) is 21.6 Å². The first kappa shape index (κ1) is 14.5. The second-order valence-corrected chi connectivity index (χ2v) is 6.75. The van der Waals surface area contributed by atoms with Crippen molar-refractivity contribution in [2.45, 2.75) is 9.99 Å². The molecule has 1 aromatic heterocycles. The summed E-state index contributed by atoms with van der Waals surface area (Å²) >= 11 is 7.56. The molecule has 0 spiro atoms. The monoisotopic (exact) mass is 337 g/mol. The number of halogens is 1. The van der Waals surface area contributed by atoms with E-state index in [0.29, 0.717) is 10.1 Å². The number of thioether (sulfide) groups is 1. The van der Waals surface area contributed by atoms with E-state index >= 15 is 0 Å². The summed E-state index contributed by atoms with van der Waals surface area (Å²) in [6.07, 6.45) is 1.96. The van der Waals surface area contributed by atoms with Crippen LogP contribution in [0.5, 0.6) is 0 Å². The summed E-state index contributed by atoms with van der Waals surface area (Å²) in [5.41, 5.74) is 1.45. The van der Waals surface area contributed by atoms with Crippen LogP contribution in [0.1, 0.15) is 0 Å². The average molecular weight is 338 g/mol. The minimum Gasteiger partial charge on any atom is -0.445 e. The summed E-state index contributed by atoms with van der Waals surface area (Å²) in [7, 11) is -1.48. The summed E-state index contributed by atoms with van der Waals surface area (Å²) in [6, 6.07) is 14.8. The zero-order valence-electron chi connectivity index (χ0n) is 11.1. The van der Waals surface area contributed by atoms with E-state index in [1.54, 1.807) is 23.9 Å². The van der Waals surface area contributed by atoms with E-state index in [9.17, 15) is 4.21 Å². The van der Waals surface area contributed by atoms with Crippen molar-refractivity contribution >= 4 is 51.0 Å². The number of anilines is 1. The average Bonchev–Trinajstić information content (AvgIpc) is 2.91. The van der Waals surface area contributed by atoms with Crippen molar-refractivity contribution in [1.82, 2.24) is 0 Å². The molecule has 1 heterocycles. The fraction of sp³-hybridized carbons (Fsp3) is 0.0667. The number of para-hydroxylation sites is 1. The zero-order valence-corrected chi connectivity index (χ0v) is 13.5. The second kappa shape index (κ2) is 6.13. The van der Waals surface area contributed by atoms with Crippen LogP contribution in [-0.4, -0.2) is 10.5 Å². The Hall–Kier alpha value is -1.43. The maximum atomic E-state index is 12.4. The highest BCUT2D eigenvalue weighted by molar-refractivity contribution is 7.98. The molecule has 0 aliphatic carbocycles. The lowest BCUT2D eigenvalue weighted by Crippen LogP contribution is -2.04. The van der Waals surface area contributed by atoms with Gasteiger partial charge in [0.2, 0.25) is 5.09 Å². The van der Waals surface area contributed by atoms with E-state index in [4.69, 9.17) is 16.0 Å². The first-order chi connectivity index (χ1) is 10.2. The molecule has 0 aliphatic rings. The van der Waals surface area contributed by atoms with Crippen LogP contribution in [0.15, 0.2) is 62.9 Å². The van der Waals surface area contributed by atoms with Crippen LogP contribution in [-0.2, 0) is 11.0 Å². The molecule has 3 aromatic rings. The van der Waals surface area contributed by atoms with Crippen molar-refractivity contribution in [3.63, 3.8) is 0 Å². The first-order valence-electron chi connectivity index (χ1n) is 6.18. The van der Waals surface area contributed by atoms with Crippen LogP contribution in [0.25, 0.3) is 11.0 Å². The number of fused-ring (bicyclic) bond motifs is 1. The molecule has 0 amide bonds. The smallest absolute Gasteiger partial charge is 0.212 e. The van der Waals surface area contributed by atoms with Gasteiger partial charge in [-0.25, -0.2) is 4.21 Å². The van der Waals surface area contributed by atoms with E-state index < -0.39 is 11.0 Å². The van der Waals surface area contributed by atoms with Gasteiger partial charge in [-0.05, 0) is 30.5 Å². The van der Waals surface area contributed by atoms with Crippen LogP contribution in [0, 0.1) is 0 Å². The van der Waals surface area contributed by atoms with Crippen LogP contribution >= 0.6 is 23.4 Å². The molecule has 108 valence electrons. The van der Waals surface area contributed by atoms with Gasteiger partial charge in [-0.2, -0.15) is 0 Å². The Morgan fingerprint density at radius 1 is 1.19 bits per heavy atom. The van der Waals surface area contributed by atoms with Crippen molar-refractivity contribution in [2.75, 3.05) is 11.0 Å². The number of benzene rings is 2. The zero-order chi connectivity index (χ0) is 14.8. The Kier molecular flexibility index (Phi) is 4.24. The largest absolute Gasteiger partial charge is 0.445 e. The molecule has 2 aromatic carbocycles. The molecule has 6 heteroatoms. The highest BCUT2D eigenvalue weighted by Gasteiger charge is 2.12. The van der Waals surface area contributed by atoms with Crippen LogP contribution in [0.3, 0.4) is 0 Å². The molecule has 3 rings (SSSR count). The normalized spacial score (nSPS) is 12.5. The maximum absolute atomic E-state index is 12.4. The summed E-state index contributed by atoms with van der Waals surface area (Å²) in [5.74, 6) is 0. The van der Waals surface area contributed by atoms with Gasteiger partial charge in [-0.1, -0.05) is 29.8 Å². The fourth-order valence-corrected chi connectivity index (χ4v) is 3.60. The Balaban J connectivity index is 1.91. The Labute approximate surface area is 134 Å². The van der Waals surface area contributed by atoms with Gasteiger partial charge in [0.05, 0.1) is 5.69 Å². The van der Waals surface area contributed by atoms with E-state index in [1.807, 2.05) is 42.7 Å². The lowest BCUT2D eigenvalue weighted by atomic mass is 10.3. The quantitative estimate of drug-likeness (QED) is 0.685. The lowest BCUT2D eigenvalue weighted by Gasteiger charge is -2.09. The molecular weight excluding hydrogens is 326 g/mol. The van der Waals surface area contributed by atoms with Crippen molar-refractivity contribution in [1.29, 1.82) is 0 Å². The Morgan fingerprint density at radius 2 is 2.00 bits per heavy atom. The van der Waals surface area contributed by atoms with Crippen molar-refractivity contribution in [3.05, 3.63) is 53.6 Å². The number of rotatable bonds is 4. The third-order valence-corrected chi connectivity index (χ3v) is 4.95. The number of nitrogens with one attached hydrogen (secondary N) is 1. The number of hydrogen-bond acceptors (Lipinski definition) is 3. The van der Waals surface area contributed by atoms with Gasteiger partial charge < -0.3 is 4.42 Å². The predicted molar refractivity (Wildman–Crippen MR) is 89.5 cm³/mol. The molecule has 3 nitrogen and oxygen atoms in total. The molecular formula is C15H12ClNO2S2. The molecule has 21 heavy (non-hydrogen) atoms. The molecule has 0 bridgehead atoms. The highest BCUT2D eigenvalue weighted by atomic mass is 35.5. The molecule has 1 unspecified atom stereocenters. The van der Waals surface area contributed by atoms with Crippen LogP contribution in [0.4, 0.5) is 5.69 Å². The summed E-state index contributed by atoms with van der Waals surface area (Å²) in [6.45, 7) is 0. The van der Waals surface area contributed by atoms with Gasteiger partial charge in [-0.3, -0.25) is 4.72 Å².